The van der Waals surface area contributed by atoms with E-state index in [1.807, 2.05) is 25.7 Å². The van der Waals surface area contributed by atoms with Crippen molar-refractivity contribution in [1.29, 1.82) is 0 Å². The van der Waals surface area contributed by atoms with E-state index in [0.717, 1.165) is 38.8 Å². The van der Waals surface area contributed by atoms with E-state index < -0.39 is 5.60 Å². The summed E-state index contributed by atoms with van der Waals surface area (Å²) in [6.07, 6.45) is 7.13. The Balaban J connectivity index is 1.65. The average Bonchev–Trinajstić information content (AvgIpc) is 2.55. The van der Waals surface area contributed by atoms with Gasteiger partial charge in [0, 0.05) is 32.1 Å². The molecule has 1 aromatic heterocycles. The maximum Gasteiger partial charge on any atom is 0.410 e. The molecular formula is C18H28ClN3O3. The lowest BCUT2D eigenvalue weighted by Crippen LogP contribution is -2.42. The normalized spacial score (nSPS) is 18.2. The SMILES string of the molecule is CC(C)(C)OC(=O)N1CCC[C@H](CCCOCc2nccnc2Cl)C1. The van der Waals surface area contributed by atoms with Crippen LogP contribution in [0.25, 0.3) is 0 Å². The van der Waals surface area contributed by atoms with E-state index in [2.05, 4.69) is 9.97 Å². The van der Waals surface area contributed by atoms with E-state index in [1.165, 1.54) is 0 Å². The fraction of sp³-hybridized carbons (Fsp3) is 0.722. The predicted molar refractivity (Wildman–Crippen MR) is 96.5 cm³/mol. The van der Waals surface area contributed by atoms with Crippen LogP contribution in [0, 0.1) is 5.92 Å². The third kappa shape index (κ3) is 7.16. The van der Waals surface area contributed by atoms with Gasteiger partial charge < -0.3 is 14.4 Å². The number of carbonyl (C=O) groups is 1. The van der Waals surface area contributed by atoms with Crippen molar-refractivity contribution in [3.8, 4) is 0 Å². The molecule has 1 amide bonds. The number of rotatable bonds is 6. The Labute approximate surface area is 154 Å². The van der Waals surface area contributed by atoms with Gasteiger partial charge in [-0.2, -0.15) is 0 Å². The molecule has 0 N–H and O–H groups in total. The molecule has 1 aromatic rings. The van der Waals surface area contributed by atoms with Crippen LogP contribution in [-0.2, 0) is 16.1 Å². The van der Waals surface area contributed by atoms with Crippen LogP contribution in [0.5, 0.6) is 0 Å². The van der Waals surface area contributed by atoms with Crippen LogP contribution < -0.4 is 0 Å². The molecule has 0 radical (unpaired) electrons. The molecule has 1 aliphatic rings. The first-order valence-electron chi connectivity index (χ1n) is 8.86. The summed E-state index contributed by atoms with van der Waals surface area (Å²) in [7, 11) is 0. The Hall–Kier alpha value is -1.40. The highest BCUT2D eigenvalue weighted by Crippen LogP contribution is 2.23. The van der Waals surface area contributed by atoms with Crippen molar-refractivity contribution in [3.63, 3.8) is 0 Å². The Morgan fingerprint density at radius 2 is 2.12 bits per heavy atom. The van der Waals surface area contributed by atoms with E-state index in [1.54, 1.807) is 12.4 Å². The van der Waals surface area contributed by atoms with Crippen molar-refractivity contribution in [1.82, 2.24) is 14.9 Å². The molecule has 6 nitrogen and oxygen atoms in total. The van der Waals surface area contributed by atoms with Crippen molar-refractivity contribution < 1.29 is 14.3 Å². The molecule has 2 heterocycles. The standard InChI is InChI=1S/C18H28ClN3O3/c1-18(2,3)25-17(23)22-10-4-6-14(12-22)7-5-11-24-13-15-16(19)21-9-8-20-15/h8-9,14H,4-7,10-13H2,1-3H3/t14-/m1/s1. The van der Waals surface area contributed by atoms with Crippen LogP contribution in [0.3, 0.4) is 0 Å². The van der Waals surface area contributed by atoms with Gasteiger partial charge in [0.15, 0.2) is 5.15 Å². The van der Waals surface area contributed by atoms with Crippen molar-refractivity contribution in [2.45, 2.75) is 58.7 Å². The molecular weight excluding hydrogens is 342 g/mol. The van der Waals surface area contributed by atoms with Gasteiger partial charge in [0.2, 0.25) is 0 Å². The number of hydrogen-bond acceptors (Lipinski definition) is 5. The lowest BCUT2D eigenvalue weighted by molar-refractivity contribution is 0.0155. The fourth-order valence-electron chi connectivity index (χ4n) is 2.88. The summed E-state index contributed by atoms with van der Waals surface area (Å²) in [5.74, 6) is 0.505. The number of likely N-dealkylation sites (tertiary alicyclic amines) is 1. The van der Waals surface area contributed by atoms with Crippen LogP contribution in [0.2, 0.25) is 5.15 Å². The molecule has 1 fully saturated rings. The Bertz CT molecular complexity index is 563. The topological polar surface area (TPSA) is 64.5 Å². The minimum atomic E-state index is -0.445. The van der Waals surface area contributed by atoms with Crippen LogP contribution in [0.15, 0.2) is 12.4 Å². The number of halogens is 1. The number of nitrogens with zero attached hydrogens (tertiary/aromatic N) is 3. The van der Waals surface area contributed by atoms with Crippen LogP contribution in [0.1, 0.15) is 52.1 Å². The zero-order chi connectivity index (χ0) is 18.3. The van der Waals surface area contributed by atoms with E-state index >= 15 is 0 Å². The van der Waals surface area contributed by atoms with Crippen molar-refractivity contribution >= 4 is 17.7 Å². The van der Waals surface area contributed by atoms with Crippen molar-refractivity contribution in [2.24, 2.45) is 5.92 Å². The Morgan fingerprint density at radius 3 is 2.84 bits per heavy atom. The lowest BCUT2D eigenvalue weighted by Gasteiger charge is -2.34. The zero-order valence-corrected chi connectivity index (χ0v) is 16.1. The predicted octanol–water partition coefficient (Wildman–Crippen LogP) is 4.07. The van der Waals surface area contributed by atoms with Crippen LogP contribution >= 0.6 is 11.6 Å². The van der Waals surface area contributed by atoms with E-state index in [9.17, 15) is 4.79 Å². The number of hydrogen-bond donors (Lipinski definition) is 0. The molecule has 0 bridgehead atoms. The minimum Gasteiger partial charge on any atom is -0.444 e. The summed E-state index contributed by atoms with van der Waals surface area (Å²) in [5, 5.41) is 0.391. The molecule has 0 aliphatic carbocycles. The molecule has 0 unspecified atom stereocenters. The molecule has 2 rings (SSSR count). The second kappa shape index (κ2) is 9.34. The van der Waals surface area contributed by atoms with Gasteiger partial charge in [-0.05, 0) is 52.4 Å². The highest BCUT2D eigenvalue weighted by molar-refractivity contribution is 6.29. The van der Waals surface area contributed by atoms with Crippen LogP contribution in [-0.4, -0.2) is 46.3 Å². The van der Waals surface area contributed by atoms with Crippen molar-refractivity contribution in [3.05, 3.63) is 23.2 Å². The zero-order valence-electron chi connectivity index (χ0n) is 15.3. The molecule has 1 saturated heterocycles. The molecule has 0 aromatic carbocycles. The summed E-state index contributed by atoms with van der Waals surface area (Å²) < 4.78 is 11.1. The van der Waals surface area contributed by atoms with E-state index in [-0.39, 0.29) is 6.09 Å². The molecule has 7 heteroatoms. The summed E-state index contributed by atoms with van der Waals surface area (Å²) in [6.45, 7) is 8.27. The first-order valence-corrected chi connectivity index (χ1v) is 9.24. The Kier molecular flexibility index (Phi) is 7.44. The van der Waals surface area contributed by atoms with Gasteiger partial charge in [-0.3, -0.25) is 4.98 Å². The van der Waals surface area contributed by atoms with Gasteiger partial charge in [-0.15, -0.1) is 0 Å². The number of aromatic nitrogens is 2. The highest BCUT2D eigenvalue weighted by atomic mass is 35.5. The number of amides is 1. The maximum absolute atomic E-state index is 12.2. The number of ether oxygens (including phenoxy) is 2. The quantitative estimate of drug-likeness (QED) is 0.707. The summed E-state index contributed by atoms with van der Waals surface area (Å²) in [5.41, 5.74) is 0.220. The molecule has 1 atom stereocenters. The van der Waals surface area contributed by atoms with E-state index in [0.29, 0.717) is 30.0 Å². The van der Waals surface area contributed by atoms with Gasteiger partial charge in [0.05, 0.1) is 6.61 Å². The smallest absolute Gasteiger partial charge is 0.410 e. The third-order valence-corrected chi connectivity index (χ3v) is 4.35. The summed E-state index contributed by atoms with van der Waals surface area (Å²) in [4.78, 5) is 22.1. The molecule has 0 spiro atoms. The second-order valence-corrected chi connectivity index (χ2v) is 7.78. The van der Waals surface area contributed by atoms with Gasteiger partial charge in [0.1, 0.15) is 11.3 Å². The number of piperidine rings is 1. The largest absolute Gasteiger partial charge is 0.444 e. The van der Waals surface area contributed by atoms with E-state index in [4.69, 9.17) is 21.1 Å². The lowest BCUT2D eigenvalue weighted by atomic mass is 9.94. The molecule has 140 valence electrons. The number of carbonyl (C=O) groups excluding carboxylic acids is 1. The van der Waals surface area contributed by atoms with Crippen LogP contribution in [0.4, 0.5) is 4.79 Å². The maximum atomic E-state index is 12.2. The van der Waals surface area contributed by atoms with Gasteiger partial charge in [-0.1, -0.05) is 11.6 Å². The monoisotopic (exact) mass is 369 g/mol. The highest BCUT2D eigenvalue weighted by Gasteiger charge is 2.27. The minimum absolute atomic E-state index is 0.203. The fourth-order valence-corrected chi connectivity index (χ4v) is 3.04. The molecule has 0 saturated carbocycles. The second-order valence-electron chi connectivity index (χ2n) is 7.42. The van der Waals surface area contributed by atoms with Gasteiger partial charge in [0.25, 0.3) is 0 Å². The third-order valence-electron chi connectivity index (χ3n) is 4.03. The van der Waals surface area contributed by atoms with Gasteiger partial charge in [-0.25, -0.2) is 9.78 Å². The Morgan fingerprint density at radius 1 is 1.36 bits per heavy atom. The van der Waals surface area contributed by atoms with Gasteiger partial charge >= 0.3 is 6.09 Å². The van der Waals surface area contributed by atoms with Crippen molar-refractivity contribution in [2.75, 3.05) is 19.7 Å². The average molecular weight is 370 g/mol. The molecule has 25 heavy (non-hydrogen) atoms. The first-order chi connectivity index (χ1) is 11.8. The summed E-state index contributed by atoms with van der Waals surface area (Å²) >= 11 is 5.95. The summed E-state index contributed by atoms with van der Waals surface area (Å²) in [6, 6.07) is 0. The first kappa shape index (κ1) is 19.9. The molecule has 1 aliphatic heterocycles.